The number of hydrogen-bond acceptors (Lipinski definition) is 5. The van der Waals surface area contributed by atoms with Crippen LogP contribution in [0.4, 0.5) is 0 Å². The fraction of sp³-hybridized carbons (Fsp3) is 0.308. The zero-order valence-corrected chi connectivity index (χ0v) is 20.6. The average molecular weight is 496 g/mol. The quantitative estimate of drug-likeness (QED) is 0.503. The van der Waals surface area contributed by atoms with Crippen molar-refractivity contribution >= 4 is 15.9 Å². The van der Waals surface area contributed by atoms with Gasteiger partial charge in [-0.05, 0) is 42.7 Å². The van der Waals surface area contributed by atoms with Gasteiger partial charge in [0, 0.05) is 37.8 Å². The van der Waals surface area contributed by atoms with E-state index in [9.17, 15) is 13.2 Å². The first-order chi connectivity index (χ1) is 16.9. The summed E-state index contributed by atoms with van der Waals surface area (Å²) in [5.74, 6) is 0.269. The number of rotatable bonds is 7. The average Bonchev–Trinajstić information content (AvgIpc) is 2.90. The second-order valence-corrected chi connectivity index (χ2v) is 10.3. The first kappa shape index (κ1) is 24.7. The van der Waals surface area contributed by atoms with E-state index >= 15 is 0 Å². The maximum atomic E-state index is 13.2. The van der Waals surface area contributed by atoms with Crippen LogP contribution in [0, 0.1) is 5.92 Å². The van der Waals surface area contributed by atoms with E-state index in [1.54, 1.807) is 6.07 Å². The number of carbonyl (C=O) groups is 1. The van der Waals surface area contributed by atoms with Crippen molar-refractivity contribution in [3.63, 3.8) is 0 Å². The molecule has 0 radical (unpaired) electrons. The maximum Gasteiger partial charge on any atom is 0.250 e. The van der Waals surface area contributed by atoms with Gasteiger partial charge in [0.25, 0.3) is 5.91 Å². The summed E-state index contributed by atoms with van der Waals surface area (Å²) in [6.07, 6.45) is 2.73. The number of carbonyl (C=O) groups excluding carboxylic acids is 1. The fourth-order valence-corrected chi connectivity index (χ4v) is 5.64. The van der Waals surface area contributed by atoms with Gasteiger partial charge >= 0.3 is 0 Å². The molecule has 1 aromatic heterocycles. The monoisotopic (exact) mass is 495 g/mol. The van der Waals surface area contributed by atoms with Crippen LogP contribution >= 0.6 is 0 Å². The van der Waals surface area contributed by atoms with E-state index in [4.69, 9.17) is 9.47 Å². The number of hydrogen-bond donors (Lipinski definition) is 0. The predicted octanol–water partition coefficient (Wildman–Crippen LogP) is 3.08. The summed E-state index contributed by atoms with van der Waals surface area (Å²) in [6, 6.07) is 20.1. The molecule has 4 rings (SSSR count). The van der Waals surface area contributed by atoms with Crippen LogP contribution in [0.15, 0.2) is 82.8 Å². The Hall–Kier alpha value is -3.43. The number of ether oxygens (including phenoxy) is 2. The van der Waals surface area contributed by atoms with Crippen molar-refractivity contribution in [2.45, 2.75) is 24.3 Å². The molecular weight excluding hydrogens is 466 g/mol. The first-order valence-electron chi connectivity index (χ1n) is 11.4. The first-order valence-corrected chi connectivity index (χ1v) is 12.9. The molecule has 2 heterocycles. The summed E-state index contributed by atoms with van der Waals surface area (Å²) >= 11 is 0. The van der Waals surface area contributed by atoms with Gasteiger partial charge in [-0.2, -0.15) is 9.30 Å². The predicted molar refractivity (Wildman–Crippen MR) is 132 cm³/mol. The van der Waals surface area contributed by atoms with Crippen molar-refractivity contribution in [1.29, 1.82) is 0 Å². The SMILES string of the molecule is COc1ccc(S(=O)(=O)N2CCC(C(=O)N=c3ccccn3Cc3ccccc3)CC2)cc1OC. The third-order valence-corrected chi connectivity index (χ3v) is 8.03. The molecule has 35 heavy (non-hydrogen) atoms. The fourth-order valence-electron chi connectivity index (χ4n) is 4.16. The summed E-state index contributed by atoms with van der Waals surface area (Å²) in [7, 11) is -0.756. The van der Waals surface area contributed by atoms with E-state index in [2.05, 4.69) is 4.99 Å². The molecule has 0 atom stereocenters. The van der Waals surface area contributed by atoms with Gasteiger partial charge in [0.1, 0.15) is 5.49 Å². The van der Waals surface area contributed by atoms with E-state index in [1.165, 1.54) is 30.7 Å². The molecule has 0 spiro atoms. The third kappa shape index (κ3) is 5.63. The number of nitrogens with zero attached hydrogens (tertiary/aromatic N) is 3. The van der Waals surface area contributed by atoms with Gasteiger partial charge in [-0.15, -0.1) is 0 Å². The van der Waals surface area contributed by atoms with Crippen LogP contribution in [0.25, 0.3) is 0 Å². The molecule has 8 nitrogen and oxygen atoms in total. The van der Waals surface area contributed by atoms with Crippen molar-refractivity contribution < 1.29 is 22.7 Å². The van der Waals surface area contributed by atoms with E-state index in [1.807, 2.05) is 59.3 Å². The van der Waals surface area contributed by atoms with Crippen molar-refractivity contribution in [1.82, 2.24) is 8.87 Å². The number of methoxy groups -OCH3 is 2. The molecule has 0 unspecified atom stereocenters. The second-order valence-electron chi connectivity index (χ2n) is 8.32. The Labute approximate surface area is 205 Å². The van der Waals surface area contributed by atoms with E-state index < -0.39 is 10.0 Å². The molecule has 3 aromatic rings. The number of amides is 1. The van der Waals surface area contributed by atoms with E-state index in [0.29, 0.717) is 36.4 Å². The van der Waals surface area contributed by atoms with Gasteiger partial charge in [-0.25, -0.2) is 8.42 Å². The molecule has 0 aliphatic carbocycles. The number of benzene rings is 2. The van der Waals surface area contributed by atoms with Crippen LogP contribution < -0.4 is 15.0 Å². The van der Waals surface area contributed by atoms with E-state index in [0.717, 1.165) is 5.56 Å². The Bertz CT molecular complexity index is 1340. The molecule has 1 saturated heterocycles. The lowest BCUT2D eigenvalue weighted by molar-refractivity contribution is -0.122. The van der Waals surface area contributed by atoms with Gasteiger partial charge < -0.3 is 14.0 Å². The molecule has 1 aliphatic heterocycles. The molecule has 184 valence electrons. The number of sulfonamides is 1. The second kappa shape index (κ2) is 10.9. The van der Waals surface area contributed by atoms with Crippen molar-refractivity contribution in [2.75, 3.05) is 27.3 Å². The highest BCUT2D eigenvalue weighted by molar-refractivity contribution is 7.89. The molecule has 2 aromatic carbocycles. The van der Waals surface area contributed by atoms with Crippen LogP contribution in [0.2, 0.25) is 0 Å². The molecule has 1 fully saturated rings. The minimum atomic E-state index is -3.72. The highest BCUT2D eigenvalue weighted by atomic mass is 32.2. The lowest BCUT2D eigenvalue weighted by Gasteiger charge is -2.29. The summed E-state index contributed by atoms with van der Waals surface area (Å²) in [6.45, 7) is 1.11. The van der Waals surface area contributed by atoms with Gasteiger partial charge in [0.15, 0.2) is 11.5 Å². The van der Waals surface area contributed by atoms with Gasteiger partial charge in [0.2, 0.25) is 10.0 Å². The smallest absolute Gasteiger partial charge is 0.250 e. The standard InChI is InChI=1S/C26H29N3O5S/c1-33-23-12-11-22(18-24(23)34-2)35(31,32)29-16-13-21(14-17-29)26(30)27-25-10-6-7-15-28(25)19-20-8-4-3-5-9-20/h3-12,15,18,21H,13-14,16-17,19H2,1-2H3. The number of aromatic nitrogens is 1. The Balaban J connectivity index is 1.46. The normalized spacial score (nSPS) is 15.7. The minimum absolute atomic E-state index is 0.135. The van der Waals surface area contributed by atoms with Crippen molar-refractivity contribution in [3.8, 4) is 11.5 Å². The Morgan fingerprint density at radius 2 is 1.63 bits per heavy atom. The number of piperidine rings is 1. The topological polar surface area (TPSA) is 90.2 Å². The zero-order chi connectivity index (χ0) is 24.8. The molecule has 9 heteroatoms. The maximum absolute atomic E-state index is 13.2. The minimum Gasteiger partial charge on any atom is -0.493 e. The summed E-state index contributed by atoms with van der Waals surface area (Å²) in [5, 5.41) is 0. The largest absolute Gasteiger partial charge is 0.493 e. The lowest BCUT2D eigenvalue weighted by atomic mass is 9.97. The summed E-state index contributed by atoms with van der Waals surface area (Å²) < 4.78 is 40.1. The highest BCUT2D eigenvalue weighted by Gasteiger charge is 2.32. The molecule has 0 bridgehead atoms. The third-order valence-electron chi connectivity index (χ3n) is 6.13. The van der Waals surface area contributed by atoms with E-state index in [-0.39, 0.29) is 29.8 Å². The van der Waals surface area contributed by atoms with Gasteiger partial charge in [-0.3, -0.25) is 4.79 Å². The molecular formula is C26H29N3O5S. The van der Waals surface area contributed by atoms with Crippen molar-refractivity contribution in [2.24, 2.45) is 10.9 Å². The molecule has 0 saturated carbocycles. The molecule has 0 N–H and O–H groups in total. The Morgan fingerprint density at radius 3 is 2.31 bits per heavy atom. The summed E-state index contributed by atoms with van der Waals surface area (Å²) in [5.41, 5.74) is 1.70. The van der Waals surface area contributed by atoms with Crippen LogP contribution in [-0.4, -0.2) is 50.5 Å². The van der Waals surface area contributed by atoms with Gasteiger partial charge in [-0.1, -0.05) is 36.4 Å². The Kier molecular flexibility index (Phi) is 7.67. The number of pyridine rings is 1. The Morgan fingerprint density at radius 1 is 0.943 bits per heavy atom. The molecule has 1 aliphatic rings. The van der Waals surface area contributed by atoms with Crippen molar-refractivity contribution in [3.05, 3.63) is 84.0 Å². The summed E-state index contributed by atoms with van der Waals surface area (Å²) in [4.78, 5) is 17.5. The highest BCUT2D eigenvalue weighted by Crippen LogP contribution is 2.32. The van der Waals surface area contributed by atoms with Crippen LogP contribution in [0.1, 0.15) is 18.4 Å². The van der Waals surface area contributed by atoms with Crippen LogP contribution in [-0.2, 0) is 21.4 Å². The zero-order valence-electron chi connectivity index (χ0n) is 19.8. The van der Waals surface area contributed by atoms with Gasteiger partial charge in [0.05, 0.1) is 19.1 Å². The van der Waals surface area contributed by atoms with Crippen LogP contribution in [0.3, 0.4) is 0 Å². The molecule has 1 amide bonds. The van der Waals surface area contributed by atoms with Crippen LogP contribution in [0.5, 0.6) is 11.5 Å². The lowest BCUT2D eigenvalue weighted by Crippen LogP contribution is -2.40.